The largest absolute Gasteiger partial charge is 0.334 e. The van der Waals surface area contributed by atoms with Gasteiger partial charge in [-0.1, -0.05) is 24.6 Å². The number of carbonyl (C=O) groups excluding carboxylic acids is 2. The van der Waals surface area contributed by atoms with Gasteiger partial charge in [-0.3, -0.25) is 14.5 Å². The van der Waals surface area contributed by atoms with Gasteiger partial charge in [0.05, 0.1) is 11.6 Å². The first-order valence-electron chi connectivity index (χ1n) is 12.6. The number of anilines is 1. The molecule has 6 nitrogen and oxygen atoms in total. The summed E-state index contributed by atoms with van der Waals surface area (Å²) in [6, 6.07) is 16.2. The van der Waals surface area contributed by atoms with Crippen molar-refractivity contribution < 1.29 is 9.59 Å². The molecular formula is C28H30N4O2. The molecule has 34 heavy (non-hydrogen) atoms. The number of nitrogens with zero attached hydrogens (tertiary/aromatic N) is 3. The van der Waals surface area contributed by atoms with Gasteiger partial charge in [-0.15, -0.1) is 0 Å². The molecule has 2 heterocycles. The van der Waals surface area contributed by atoms with Crippen LogP contribution in [-0.4, -0.2) is 46.8 Å². The molecule has 1 saturated carbocycles. The summed E-state index contributed by atoms with van der Waals surface area (Å²) >= 11 is 0. The number of hydrogen-bond donors (Lipinski definition) is 1. The Morgan fingerprint density at radius 2 is 1.74 bits per heavy atom. The average molecular weight is 455 g/mol. The van der Waals surface area contributed by atoms with Gasteiger partial charge in [0.1, 0.15) is 0 Å². The van der Waals surface area contributed by atoms with E-state index in [1.165, 1.54) is 17.5 Å². The second kappa shape index (κ2) is 8.56. The Hall–Kier alpha value is -3.17. The van der Waals surface area contributed by atoms with Gasteiger partial charge in [0.25, 0.3) is 5.91 Å². The minimum Gasteiger partial charge on any atom is -0.334 e. The van der Waals surface area contributed by atoms with Crippen LogP contribution in [0.25, 0.3) is 0 Å². The molecule has 4 aliphatic rings. The Bertz CT molecular complexity index is 1170. The molecule has 3 fully saturated rings. The zero-order chi connectivity index (χ0) is 23.2. The summed E-state index contributed by atoms with van der Waals surface area (Å²) in [5.41, 5.74) is 4.37. The van der Waals surface area contributed by atoms with E-state index in [2.05, 4.69) is 27.3 Å². The number of nitriles is 1. The monoisotopic (exact) mass is 454 g/mol. The summed E-state index contributed by atoms with van der Waals surface area (Å²) < 4.78 is 0. The van der Waals surface area contributed by atoms with Gasteiger partial charge in [-0.2, -0.15) is 5.26 Å². The zero-order valence-electron chi connectivity index (χ0n) is 19.4. The Morgan fingerprint density at radius 3 is 2.44 bits per heavy atom. The molecule has 6 rings (SSSR count). The van der Waals surface area contributed by atoms with Crippen molar-refractivity contribution in [3.8, 4) is 6.07 Å². The predicted molar refractivity (Wildman–Crippen MR) is 129 cm³/mol. The Morgan fingerprint density at radius 1 is 0.971 bits per heavy atom. The first-order chi connectivity index (χ1) is 16.6. The number of likely N-dealkylation sites (tertiary alicyclic amines) is 1. The lowest BCUT2D eigenvalue weighted by atomic mass is 9.84. The standard InChI is InChI=1S/C28H30N4O2/c29-15-18-4-1-7-20(14-18)27(33)30-25-9-3-8-24-23(25)12-13-26(24)31-16-21-10-11-22(17-31)32(21)28(34)19-5-2-6-19/h1,3-4,7-9,14,19,21-22,26H,2,5-6,10-13,16-17H2,(H,30,33). The van der Waals surface area contributed by atoms with E-state index in [1.807, 2.05) is 12.1 Å². The molecule has 3 atom stereocenters. The van der Waals surface area contributed by atoms with E-state index < -0.39 is 0 Å². The molecule has 6 heteroatoms. The van der Waals surface area contributed by atoms with Crippen molar-refractivity contribution in [2.24, 2.45) is 5.92 Å². The maximum atomic E-state index is 13.0. The number of hydrogen-bond acceptors (Lipinski definition) is 4. The molecule has 1 N–H and O–H groups in total. The van der Waals surface area contributed by atoms with Gasteiger partial charge in [0, 0.05) is 48.4 Å². The Balaban J connectivity index is 1.18. The van der Waals surface area contributed by atoms with Crippen LogP contribution >= 0.6 is 0 Å². The third-order valence-corrected chi connectivity index (χ3v) is 8.40. The third kappa shape index (κ3) is 3.59. The van der Waals surface area contributed by atoms with E-state index in [-0.39, 0.29) is 11.8 Å². The third-order valence-electron chi connectivity index (χ3n) is 8.40. The maximum absolute atomic E-state index is 13.0. The van der Waals surface area contributed by atoms with Crippen LogP contribution in [-0.2, 0) is 11.2 Å². The van der Waals surface area contributed by atoms with Crippen molar-refractivity contribution in [3.05, 3.63) is 64.7 Å². The molecule has 174 valence electrons. The van der Waals surface area contributed by atoms with Crippen LogP contribution in [0.2, 0.25) is 0 Å². The van der Waals surface area contributed by atoms with Gasteiger partial charge in [-0.25, -0.2) is 0 Å². The highest BCUT2D eigenvalue weighted by atomic mass is 16.2. The Kier molecular flexibility index (Phi) is 5.38. The summed E-state index contributed by atoms with van der Waals surface area (Å²) in [4.78, 5) is 30.7. The van der Waals surface area contributed by atoms with Crippen molar-refractivity contribution in [3.63, 3.8) is 0 Å². The first-order valence-corrected chi connectivity index (χ1v) is 12.6. The van der Waals surface area contributed by atoms with Crippen molar-refractivity contribution in [1.29, 1.82) is 5.26 Å². The van der Waals surface area contributed by atoms with Crippen LogP contribution in [0.4, 0.5) is 5.69 Å². The molecule has 2 bridgehead atoms. The summed E-state index contributed by atoms with van der Waals surface area (Å²) in [6.45, 7) is 1.91. The highest BCUT2D eigenvalue weighted by Gasteiger charge is 2.47. The molecule has 2 amide bonds. The second-order valence-corrected chi connectivity index (χ2v) is 10.3. The van der Waals surface area contributed by atoms with E-state index in [9.17, 15) is 9.59 Å². The fourth-order valence-corrected chi connectivity index (χ4v) is 6.47. The topological polar surface area (TPSA) is 76.4 Å². The number of piperazine rings is 1. The van der Waals surface area contributed by atoms with Crippen LogP contribution < -0.4 is 5.32 Å². The number of amides is 2. The summed E-state index contributed by atoms with van der Waals surface area (Å²) in [5.74, 6) is 0.507. The lowest BCUT2D eigenvalue weighted by Gasteiger charge is -2.45. The van der Waals surface area contributed by atoms with Gasteiger partial charge >= 0.3 is 0 Å². The van der Waals surface area contributed by atoms with E-state index in [4.69, 9.17) is 5.26 Å². The van der Waals surface area contributed by atoms with E-state index in [0.717, 1.165) is 57.3 Å². The molecule has 2 aliphatic carbocycles. The molecule has 2 aliphatic heterocycles. The molecule has 0 aromatic heterocycles. The van der Waals surface area contributed by atoms with Crippen molar-refractivity contribution in [2.45, 2.75) is 63.1 Å². The summed E-state index contributed by atoms with van der Waals surface area (Å²) in [6.07, 6.45) is 7.57. The second-order valence-electron chi connectivity index (χ2n) is 10.3. The van der Waals surface area contributed by atoms with Crippen LogP contribution in [0.3, 0.4) is 0 Å². The molecule has 2 aromatic carbocycles. The van der Waals surface area contributed by atoms with Gasteiger partial charge in [0.15, 0.2) is 0 Å². The van der Waals surface area contributed by atoms with Crippen molar-refractivity contribution >= 4 is 17.5 Å². The first kappa shape index (κ1) is 21.4. The van der Waals surface area contributed by atoms with Gasteiger partial charge in [0.2, 0.25) is 5.91 Å². The smallest absolute Gasteiger partial charge is 0.255 e. The quantitative estimate of drug-likeness (QED) is 0.748. The number of rotatable bonds is 4. The average Bonchev–Trinajstić information content (AvgIpc) is 3.37. The highest BCUT2D eigenvalue weighted by Crippen LogP contribution is 2.43. The number of carbonyl (C=O) groups is 2. The maximum Gasteiger partial charge on any atom is 0.255 e. The fraction of sp³-hybridized carbons (Fsp3) is 0.464. The molecule has 2 aromatic rings. The van der Waals surface area contributed by atoms with E-state index in [0.29, 0.717) is 35.2 Å². The number of benzene rings is 2. The lowest BCUT2D eigenvalue weighted by molar-refractivity contribution is -0.144. The molecule has 0 spiro atoms. The number of fused-ring (bicyclic) bond motifs is 3. The minimum atomic E-state index is -0.185. The predicted octanol–water partition coefficient (Wildman–Crippen LogP) is 4.27. The SMILES string of the molecule is N#Cc1cccc(C(=O)Nc2cccc3c2CCC3N2CC3CCC(C2)N3C(=O)C2CCC2)c1. The van der Waals surface area contributed by atoms with Crippen LogP contribution in [0.1, 0.15) is 71.6 Å². The summed E-state index contributed by atoms with van der Waals surface area (Å²) in [7, 11) is 0. The molecule has 2 saturated heterocycles. The van der Waals surface area contributed by atoms with Gasteiger partial charge in [-0.05, 0) is 73.9 Å². The van der Waals surface area contributed by atoms with Crippen LogP contribution in [0.15, 0.2) is 42.5 Å². The van der Waals surface area contributed by atoms with E-state index in [1.54, 1.807) is 24.3 Å². The molecule has 3 unspecified atom stereocenters. The highest BCUT2D eigenvalue weighted by molar-refractivity contribution is 6.05. The lowest BCUT2D eigenvalue weighted by Crippen LogP contribution is -2.58. The van der Waals surface area contributed by atoms with Crippen molar-refractivity contribution in [1.82, 2.24) is 9.80 Å². The van der Waals surface area contributed by atoms with Crippen molar-refractivity contribution in [2.75, 3.05) is 18.4 Å². The summed E-state index contributed by atoms with van der Waals surface area (Å²) in [5, 5.41) is 12.2. The molecular weight excluding hydrogens is 424 g/mol. The van der Waals surface area contributed by atoms with Crippen LogP contribution in [0.5, 0.6) is 0 Å². The Labute approximate surface area is 200 Å². The van der Waals surface area contributed by atoms with E-state index >= 15 is 0 Å². The number of nitrogens with one attached hydrogen (secondary N) is 1. The minimum absolute atomic E-state index is 0.185. The molecule has 0 radical (unpaired) electrons. The fourth-order valence-electron chi connectivity index (χ4n) is 6.47. The normalized spacial score (nSPS) is 26.0. The van der Waals surface area contributed by atoms with Gasteiger partial charge < -0.3 is 10.2 Å². The van der Waals surface area contributed by atoms with Crippen LogP contribution in [0, 0.1) is 17.2 Å². The zero-order valence-corrected chi connectivity index (χ0v) is 19.4.